The van der Waals surface area contributed by atoms with Crippen LogP contribution in [0.5, 0.6) is 0 Å². The first kappa shape index (κ1) is 13.9. The van der Waals surface area contributed by atoms with Crippen LogP contribution in [0.15, 0.2) is 54.6 Å². The van der Waals surface area contributed by atoms with E-state index in [-0.39, 0.29) is 5.97 Å². The topological polar surface area (TPSA) is 52.3 Å². The average Bonchev–Trinajstić information content (AvgIpc) is 2.47. The van der Waals surface area contributed by atoms with Gasteiger partial charge in [-0.25, -0.2) is 4.79 Å². The van der Waals surface area contributed by atoms with Crippen LogP contribution in [-0.2, 0) is 9.53 Å². The second-order valence-corrected chi connectivity index (χ2v) is 4.30. The van der Waals surface area contributed by atoms with Gasteiger partial charge in [-0.15, -0.1) is 0 Å². The van der Waals surface area contributed by atoms with Crippen molar-refractivity contribution in [3.05, 3.63) is 60.2 Å². The standard InChI is InChI=1S/C17H17NO2/c1-2-20-17(19)11-9-14-8-10-15(18)12-16(14)13-6-4-3-5-7-13/h3-12H,2,18H2,1H3/b11-9+. The summed E-state index contributed by atoms with van der Waals surface area (Å²) in [6, 6.07) is 15.5. The third kappa shape index (κ3) is 3.48. The Hall–Kier alpha value is -2.55. The van der Waals surface area contributed by atoms with Gasteiger partial charge in [-0.3, -0.25) is 0 Å². The van der Waals surface area contributed by atoms with E-state index < -0.39 is 0 Å². The van der Waals surface area contributed by atoms with E-state index in [0.717, 1.165) is 16.7 Å². The smallest absolute Gasteiger partial charge is 0.330 e. The molecule has 3 nitrogen and oxygen atoms in total. The maximum Gasteiger partial charge on any atom is 0.330 e. The zero-order chi connectivity index (χ0) is 14.4. The van der Waals surface area contributed by atoms with E-state index in [1.54, 1.807) is 13.0 Å². The molecule has 0 atom stereocenters. The normalized spacial score (nSPS) is 10.7. The van der Waals surface area contributed by atoms with Crippen molar-refractivity contribution in [1.82, 2.24) is 0 Å². The molecule has 0 radical (unpaired) electrons. The quantitative estimate of drug-likeness (QED) is 0.524. The van der Waals surface area contributed by atoms with Crippen LogP contribution in [0.1, 0.15) is 12.5 Å². The summed E-state index contributed by atoms with van der Waals surface area (Å²) in [4.78, 5) is 11.4. The molecule has 0 aliphatic heterocycles. The van der Waals surface area contributed by atoms with Gasteiger partial charge in [-0.2, -0.15) is 0 Å². The molecule has 0 amide bonds. The second kappa shape index (κ2) is 6.57. The van der Waals surface area contributed by atoms with E-state index in [0.29, 0.717) is 12.3 Å². The van der Waals surface area contributed by atoms with Gasteiger partial charge in [0, 0.05) is 11.8 Å². The van der Waals surface area contributed by atoms with Crippen LogP contribution in [0.25, 0.3) is 17.2 Å². The Morgan fingerprint density at radius 3 is 2.65 bits per heavy atom. The highest BCUT2D eigenvalue weighted by molar-refractivity contribution is 5.89. The van der Waals surface area contributed by atoms with Crippen LogP contribution in [0.2, 0.25) is 0 Å². The van der Waals surface area contributed by atoms with E-state index >= 15 is 0 Å². The lowest BCUT2D eigenvalue weighted by atomic mass is 9.98. The van der Waals surface area contributed by atoms with Crippen LogP contribution >= 0.6 is 0 Å². The van der Waals surface area contributed by atoms with Gasteiger partial charge in [-0.1, -0.05) is 36.4 Å². The van der Waals surface area contributed by atoms with Gasteiger partial charge in [0.15, 0.2) is 0 Å². The zero-order valence-electron chi connectivity index (χ0n) is 11.4. The third-order valence-corrected chi connectivity index (χ3v) is 2.85. The Morgan fingerprint density at radius 1 is 1.20 bits per heavy atom. The number of anilines is 1. The van der Waals surface area contributed by atoms with Gasteiger partial charge in [0.2, 0.25) is 0 Å². The summed E-state index contributed by atoms with van der Waals surface area (Å²) < 4.78 is 4.88. The summed E-state index contributed by atoms with van der Waals surface area (Å²) in [6.07, 6.45) is 3.18. The minimum atomic E-state index is -0.344. The molecule has 0 fully saturated rings. The highest BCUT2D eigenvalue weighted by Crippen LogP contribution is 2.26. The number of hydrogen-bond acceptors (Lipinski definition) is 3. The molecule has 20 heavy (non-hydrogen) atoms. The SMILES string of the molecule is CCOC(=O)/C=C/c1ccc(N)cc1-c1ccccc1. The van der Waals surface area contributed by atoms with E-state index in [1.165, 1.54) is 6.08 Å². The molecular weight excluding hydrogens is 250 g/mol. The van der Waals surface area contributed by atoms with Crippen molar-refractivity contribution in [3.8, 4) is 11.1 Å². The van der Waals surface area contributed by atoms with E-state index in [4.69, 9.17) is 10.5 Å². The fourth-order valence-electron chi connectivity index (χ4n) is 1.94. The molecule has 0 aromatic heterocycles. The lowest BCUT2D eigenvalue weighted by Crippen LogP contribution is -1.98. The number of hydrogen-bond donors (Lipinski definition) is 1. The molecule has 102 valence electrons. The Bertz CT molecular complexity index is 618. The number of benzene rings is 2. The number of nitrogen functional groups attached to an aromatic ring is 1. The predicted molar refractivity (Wildman–Crippen MR) is 82.0 cm³/mol. The van der Waals surface area contributed by atoms with Crippen molar-refractivity contribution in [2.75, 3.05) is 12.3 Å². The summed E-state index contributed by atoms with van der Waals surface area (Å²) in [7, 11) is 0. The molecule has 0 spiro atoms. The van der Waals surface area contributed by atoms with Gasteiger partial charge in [0.05, 0.1) is 6.61 Å². The molecule has 0 aliphatic rings. The number of carbonyl (C=O) groups is 1. The average molecular weight is 267 g/mol. The molecule has 0 heterocycles. The van der Waals surface area contributed by atoms with Crippen molar-refractivity contribution >= 4 is 17.7 Å². The summed E-state index contributed by atoms with van der Waals surface area (Å²) in [5.74, 6) is -0.344. The molecule has 0 saturated carbocycles. The third-order valence-electron chi connectivity index (χ3n) is 2.85. The lowest BCUT2D eigenvalue weighted by Gasteiger charge is -2.07. The molecule has 0 unspecified atom stereocenters. The Morgan fingerprint density at radius 2 is 1.95 bits per heavy atom. The number of carbonyl (C=O) groups excluding carboxylic acids is 1. The van der Waals surface area contributed by atoms with E-state index in [9.17, 15) is 4.79 Å². The molecule has 2 aromatic carbocycles. The van der Waals surface area contributed by atoms with Crippen molar-refractivity contribution in [3.63, 3.8) is 0 Å². The fourth-order valence-corrected chi connectivity index (χ4v) is 1.94. The maximum atomic E-state index is 11.4. The van der Waals surface area contributed by atoms with Crippen LogP contribution < -0.4 is 5.73 Å². The van der Waals surface area contributed by atoms with Gasteiger partial charge < -0.3 is 10.5 Å². The first-order valence-electron chi connectivity index (χ1n) is 6.50. The molecular formula is C17H17NO2. The summed E-state index contributed by atoms with van der Waals surface area (Å²) in [5.41, 5.74) is 9.52. The molecule has 3 heteroatoms. The molecule has 2 rings (SSSR count). The molecule has 2 N–H and O–H groups in total. The van der Waals surface area contributed by atoms with Crippen molar-refractivity contribution < 1.29 is 9.53 Å². The number of ether oxygens (including phenoxy) is 1. The maximum absolute atomic E-state index is 11.4. The van der Waals surface area contributed by atoms with Gasteiger partial charge in [0.1, 0.15) is 0 Å². The molecule has 0 saturated heterocycles. The van der Waals surface area contributed by atoms with Crippen LogP contribution in [0, 0.1) is 0 Å². The Balaban J connectivity index is 2.37. The van der Waals surface area contributed by atoms with Crippen LogP contribution in [0.4, 0.5) is 5.69 Å². The zero-order valence-corrected chi connectivity index (χ0v) is 11.4. The first-order chi connectivity index (χ1) is 9.70. The molecule has 2 aromatic rings. The van der Waals surface area contributed by atoms with E-state index in [1.807, 2.05) is 48.5 Å². The van der Waals surface area contributed by atoms with E-state index in [2.05, 4.69) is 0 Å². The number of nitrogens with two attached hydrogens (primary N) is 1. The van der Waals surface area contributed by atoms with Crippen molar-refractivity contribution in [2.45, 2.75) is 6.92 Å². The summed E-state index contributed by atoms with van der Waals surface area (Å²) >= 11 is 0. The summed E-state index contributed by atoms with van der Waals surface area (Å²) in [5, 5.41) is 0. The molecule has 0 bridgehead atoms. The largest absolute Gasteiger partial charge is 0.463 e. The lowest BCUT2D eigenvalue weighted by molar-refractivity contribution is -0.137. The van der Waals surface area contributed by atoms with Gasteiger partial charge >= 0.3 is 5.97 Å². The minimum absolute atomic E-state index is 0.344. The summed E-state index contributed by atoms with van der Waals surface area (Å²) in [6.45, 7) is 2.15. The Labute approximate surface area is 118 Å². The monoisotopic (exact) mass is 267 g/mol. The molecule has 0 aliphatic carbocycles. The Kier molecular flexibility index (Phi) is 4.56. The second-order valence-electron chi connectivity index (χ2n) is 4.30. The number of rotatable bonds is 4. The fraction of sp³-hybridized carbons (Fsp3) is 0.118. The van der Waals surface area contributed by atoms with Gasteiger partial charge in [-0.05, 0) is 41.8 Å². The van der Waals surface area contributed by atoms with Crippen molar-refractivity contribution in [2.24, 2.45) is 0 Å². The van der Waals surface area contributed by atoms with Crippen LogP contribution in [-0.4, -0.2) is 12.6 Å². The highest BCUT2D eigenvalue weighted by atomic mass is 16.5. The predicted octanol–water partition coefficient (Wildman–Crippen LogP) is 3.51. The van der Waals surface area contributed by atoms with Gasteiger partial charge in [0.25, 0.3) is 0 Å². The van der Waals surface area contributed by atoms with Crippen LogP contribution in [0.3, 0.4) is 0 Å². The van der Waals surface area contributed by atoms with Crippen molar-refractivity contribution in [1.29, 1.82) is 0 Å². The number of esters is 1. The minimum Gasteiger partial charge on any atom is -0.463 e. The first-order valence-corrected chi connectivity index (χ1v) is 6.50. The highest BCUT2D eigenvalue weighted by Gasteiger charge is 2.04.